The third-order valence-corrected chi connectivity index (χ3v) is 3.31. The molecular formula is C15H16FN3O2. The Bertz CT molecular complexity index is 609. The molecule has 21 heavy (non-hydrogen) atoms. The van der Waals surface area contributed by atoms with Gasteiger partial charge in [-0.05, 0) is 30.2 Å². The minimum absolute atomic E-state index is 0.00274. The van der Waals surface area contributed by atoms with Crippen LogP contribution in [-0.4, -0.2) is 41.2 Å². The van der Waals surface area contributed by atoms with Crippen molar-refractivity contribution in [1.82, 2.24) is 9.80 Å². The number of amides is 2. The van der Waals surface area contributed by atoms with E-state index in [0.717, 1.165) is 12.5 Å². The first-order chi connectivity index (χ1) is 10.0. The molecule has 110 valence electrons. The monoisotopic (exact) mass is 289 g/mol. The van der Waals surface area contributed by atoms with Crippen LogP contribution in [0, 0.1) is 17.1 Å². The Labute approximate surface area is 122 Å². The van der Waals surface area contributed by atoms with E-state index in [1.165, 1.54) is 21.9 Å². The highest BCUT2D eigenvalue weighted by atomic mass is 19.1. The molecule has 0 saturated carbocycles. The lowest BCUT2D eigenvalue weighted by Crippen LogP contribution is -2.53. The van der Waals surface area contributed by atoms with Crippen molar-refractivity contribution in [3.05, 3.63) is 35.1 Å². The Balaban J connectivity index is 2.10. The Morgan fingerprint density at radius 1 is 1.19 bits per heavy atom. The van der Waals surface area contributed by atoms with E-state index in [1.54, 1.807) is 0 Å². The molecule has 1 fully saturated rings. The topological polar surface area (TPSA) is 64.4 Å². The van der Waals surface area contributed by atoms with Gasteiger partial charge in [-0.3, -0.25) is 9.59 Å². The van der Waals surface area contributed by atoms with Crippen molar-refractivity contribution in [2.75, 3.05) is 19.6 Å². The van der Waals surface area contributed by atoms with E-state index in [-0.39, 0.29) is 37.0 Å². The molecule has 2 rings (SSSR count). The van der Waals surface area contributed by atoms with E-state index in [4.69, 9.17) is 5.26 Å². The Hall–Kier alpha value is -2.42. The zero-order valence-electron chi connectivity index (χ0n) is 11.8. The van der Waals surface area contributed by atoms with Crippen molar-refractivity contribution in [1.29, 1.82) is 5.26 Å². The molecule has 2 amide bonds. The number of halogens is 1. The van der Waals surface area contributed by atoms with Crippen LogP contribution in [0.15, 0.2) is 18.2 Å². The molecule has 0 spiro atoms. The predicted molar refractivity (Wildman–Crippen MR) is 73.4 cm³/mol. The predicted octanol–water partition coefficient (Wildman–Crippen LogP) is 1.28. The smallest absolute Gasteiger partial charge is 0.242 e. The molecule has 0 unspecified atom stereocenters. The summed E-state index contributed by atoms with van der Waals surface area (Å²) in [6.45, 7) is 2.71. The number of hydrogen-bond acceptors (Lipinski definition) is 3. The molecule has 1 saturated heterocycles. The fraction of sp³-hybridized carbons (Fsp3) is 0.400. The first kappa shape index (κ1) is 15.0. The van der Waals surface area contributed by atoms with Crippen LogP contribution in [0.3, 0.4) is 0 Å². The third-order valence-electron chi connectivity index (χ3n) is 3.31. The van der Waals surface area contributed by atoms with Crippen LogP contribution in [0.5, 0.6) is 0 Å². The van der Waals surface area contributed by atoms with Gasteiger partial charge in [0.05, 0.1) is 18.2 Å². The van der Waals surface area contributed by atoms with Crippen molar-refractivity contribution >= 4 is 11.8 Å². The van der Waals surface area contributed by atoms with Crippen molar-refractivity contribution in [2.45, 2.75) is 19.9 Å². The Kier molecular flexibility index (Phi) is 4.53. The molecule has 0 bridgehead atoms. The molecule has 0 atom stereocenters. The summed E-state index contributed by atoms with van der Waals surface area (Å²) in [5, 5.41) is 8.82. The van der Waals surface area contributed by atoms with Crippen LogP contribution >= 0.6 is 0 Å². The molecule has 0 aromatic heterocycles. The molecule has 1 aromatic carbocycles. The van der Waals surface area contributed by atoms with Gasteiger partial charge in [-0.25, -0.2) is 4.39 Å². The van der Waals surface area contributed by atoms with Crippen LogP contribution in [0.25, 0.3) is 0 Å². The molecule has 1 heterocycles. The van der Waals surface area contributed by atoms with Crippen LogP contribution in [0.1, 0.15) is 24.5 Å². The lowest BCUT2D eigenvalue weighted by atomic mass is 10.1. The van der Waals surface area contributed by atoms with Crippen LogP contribution < -0.4 is 0 Å². The summed E-state index contributed by atoms with van der Waals surface area (Å²) in [6, 6.07) is 5.81. The van der Waals surface area contributed by atoms with Gasteiger partial charge in [-0.2, -0.15) is 5.26 Å². The summed E-state index contributed by atoms with van der Waals surface area (Å²) in [6.07, 6.45) is 0.800. The van der Waals surface area contributed by atoms with E-state index in [2.05, 4.69) is 0 Å². The minimum atomic E-state index is -0.521. The molecular weight excluding hydrogens is 273 g/mol. The summed E-state index contributed by atoms with van der Waals surface area (Å²) in [4.78, 5) is 26.9. The molecule has 6 heteroatoms. The number of piperazine rings is 1. The maximum atomic E-state index is 13.4. The van der Waals surface area contributed by atoms with Crippen molar-refractivity contribution in [3.8, 4) is 6.07 Å². The highest BCUT2D eigenvalue weighted by molar-refractivity contribution is 5.92. The quantitative estimate of drug-likeness (QED) is 0.838. The van der Waals surface area contributed by atoms with E-state index >= 15 is 0 Å². The first-order valence-electron chi connectivity index (χ1n) is 6.78. The second-order valence-corrected chi connectivity index (χ2v) is 5.03. The fourth-order valence-electron chi connectivity index (χ4n) is 2.35. The zero-order chi connectivity index (χ0) is 15.4. The second kappa shape index (κ2) is 6.35. The van der Waals surface area contributed by atoms with Gasteiger partial charge in [0.15, 0.2) is 0 Å². The Morgan fingerprint density at radius 3 is 2.52 bits per heavy atom. The van der Waals surface area contributed by atoms with E-state index < -0.39 is 5.82 Å². The van der Waals surface area contributed by atoms with Crippen LogP contribution in [0.4, 0.5) is 4.39 Å². The number of benzene rings is 1. The SMILES string of the molecule is CCCN1CC(=O)N(Cc2cc(F)cc(C#N)c2)CC1=O. The van der Waals surface area contributed by atoms with Crippen LogP contribution in [-0.2, 0) is 16.1 Å². The standard InChI is InChI=1S/C15H16FN3O2/c1-2-3-18-9-15(21)19(10-14(18)20)8-12-4-11(7-17)5-13(16)6-12/h4-6H,2-3,8-10H2,1H3. The van der Waals surface area contributed by atoms with Gasteiger partial charge in [-0.1, -0.05) is 6.92 Å². The number of carbonyl (C=O) groups excluding carboxylic acids is 2. The number of nitrogens with zero attached hydrogens (tertiary/aromatic N) is 3. The van der Waals surface area contributed by atoms with Gasteiger partial charge in [0.2, 0.25) is 11.8 Å². The molecule has 1 aliphatic heterocycles. The van der Waals surface area contributed by atoms with E-state index in [1.807, 2.05) is 13.0 Å². The Morgan fingerprint density at radius 2 is 1.86 bits per heavy atom. The normalized spacial score (nSPS) is 15.3. The summed E-state index contributed by atoms with van der Waals surface area (Å²) in [5.74, 6) is -0.786. The molecule has 0 aliphatic carbocycles. The average molecular weight is 289 g/mol. The lowest BCUT2D eigenvalue weighted by Gasteiger charge is -2.33. The van der Waals surface area contributed by atoms with Gasteiger partial charge in [0.1, 0.15) is 12.4 Å². The van der Waals surface area contributed by atoms with E-state index in [0.29, 0.717) is 12.1 Å². The van der Waals surface area contributed by atoms with Gasteiger partial charge in [0.25, 0.3) is 0 Å². The zero-order valence-corrected chi connectivity index (χ0v) is 11.8. The highest BCUT2D eigenvalue weighted by Crippen LogP contribution is 2.14. The molecule has 5 nitrogen and oxygen atoms in total. The lowest BCUT2D eigenvalue weighted by molar-refractivity contribution is -0.150. The van der Waals surface area contributed by atoms with Crippen molar-refractivity contribution in [2.24, 2.45) is 0 Å². The third kappa shape index (κ3) is 3.57. The van der Waals surface area contributed by atoms with Gasteiger partial charge in [-0.15, -0.1) is 0 Å². The second-order valence-electron chi connectivity index (χ2n) is 5.03. The fourth-order valence-corrected chi connectivity index (χ4v) is 2.35. The molecule has 0 N–H and O–H groups in total. The number of hydrogen-bond donors (Lipinski definition) is 0. The van der Waals surface area contributed by atoms with Gasteiger partial charge >= 0.3 is 0 Å². The molecule has 0 radical (unpaired) electrons. The maximum absolute atomic E-state index is 13.4. The number of nitriles is 1. The minimum Gasteiger partial charge on any atom is -0.332 e. The van der Waals surface area contributed by atoms with Gasteiger partial charge < -0.3 is 9.80 Å². The molecule has 1 aliphatic rings. The number of carbonyl (C=O) groups is 2. The van der Waals surface area contributed by atoms with E-state index in [9.17, 15) is 14.0 Å². The van der Waals surface area contributed by atoms with Gasteiger partial charge in [0, 0.05) is 13.1 Å². The average Bonchev–Trinajstić information content (AvgIpc) is 2.44. The summed E-state index contributed by atoms with van der Waals surface area (Å²) < 4.78 is 13.4. The number of rotatable bonds is 4. The largest absolute Gasteiger partial charge is 0.332 e. The van der Waals surface area contributed by atoms with Crippen molar-refractivity contribution in [3.63, 3.8) is 0 Å². The van der Waals surface area contributed by atoms with Crippen molar-refractivity contribution < 1.29 is 14.0 Å². The highest BCUT2D eigenvalue weighted by Gasteiger charge is 2.29. The summed E-state index contributed by atoms with van der Waals surface area (Å²) in [5.41, 5.74) is 0.713. The summed E-state index contributed by atoms with van der Waals surface area (Å²) in [7, 11) is 0. The van der Waals surface area contributed by atoms with Crippen LogP contribution in [0.2, 0.25) is 0 Å². The molecule has 1 aromatic rings. The first-order valence-corrected chi connectivity index (χ1v) is 6.78. The summed E-state index contributed by atoms with van der Waals surface area (Å²) >= 11 is 0. The maximum Gasteiger partial charge on any atom is 0.242 e.